The predicted molar refractivity (Wildman–Crippen MR) is 112 cm³/mol. The van der Waals surface area contributed by atoms with Crippen molar-refractivity contribution < 1.29 is 38.8 Å². The number of carbonyl (C=O) groups excluding carboxylic acids is 2. The number of rotatable bonds is 9. The van der Waals surface area contributed by atoms with Crippen LogP contribution in [0.1, 0.15) is 34.1 Å². The number of aliphatic hydroxyl groups excluding tert-OH is 1. The first-order chi connectivity index (χ1) is 15.0. The van der Waals surface area contributed by atoms with E-state index < -0.39 is 61.1 Å². The molecule has 0 amide bonds. The van der Waals surface area contributed by atoms with Gasteiger partial charge in [0.05, 0.1) is 12.2 Å². The van der Waals surface area contributed by atoms with E-state index in [1.54, 1.807) is 40.0 Å². The van der Waals surface area contributed by atoms with Crippen LogP contribution in [0.25, 0.3) is 0 Å². The number of nitrogens with two attached hydrogens (primary N) is 2. The topological polar surface area (TPSA) is 175 Å². The van der Waals surface area contributed by atoms with E-state index in [0.29, 0.717) is 0 Å². The Morgan fingerprint density at radius 1 is 1.09 bits per heavy atom. The van der Waals surface area contributed by atoms with Gasteiger partial charge < -0.3 is 40.8 Å². The average molecular weight is 456 g/mol. The smallest absolute Gasteiger partial charge is 0.333 e. The highest BCUT2D eigenvalue weighted by molar-refractivity contribution is 5.87. The van der Waals surface area contributed by atoms with E-state index in [1.165, 1.54) is 11.1 Å². The number of esters is 2. The maximum absolute atomic E-state index is 12.6. The van der Waals surface area contributed by atoms with Crippen molar-refractivity contribution in [1.29, 1.82) is 0 Å². The number of hydrogen-bond donors (Lipinski definition) is 4. The molecule has 2 heterocycles. The molecule has 180 valence electrons. The zero-order valence-corrected chi connectivity index (χ0v) is 18.7. The molecular formula is C21H33N3O8. The van der Waals surface area contributed by atoms with Gasteiger partial charge >= 0.3 is 17.9 Å². The van der Waals surface area contributed by atoms with E-state index >= 15 is 0 Å². The van der Waals surface area contributed by atoms with Crippen LogP contribution in [0.5, 0.6) is 0 Å². The molecule has 11 heteroatoms. The third-order valence-corrected chi connectivity index (χ3v) is 5.44. The lowest BCUT2D eigenvalue weighted by Gasteiger charge is -2.32. The maximum atomic E-state index is 12.6. The highest BCUT2D eigenvalue weighted by Gasteiger charge is 2.52. The molecule has 6 N–H and O–H groups in total. The van der Waals surface area contributed by atoms with Crippen molar-refractivity contribution >= 4 is 17.9 Å². The van der Waals surface area contributed by atoms with Crippen LogP contribution >= 0.6 is 0 Å². The van der Waals surface area contributed by atoms with Crippen molar-refractivity contribution in [2.24, 2.45) is 23.3 Å². The zero-order valence-electron chi connectivity index (χ0n) is 18.7. The lowest BCUT2D eigenvalue weighted by Crippen LogP contribution is -2.50. The quantitative estimate of drug-likeness (QED) is 0.335. The molecule has 0 unspecified atom stereocenters. The molecule has 0 radical (unpaired) electrons. The van der Waals surface area contributed by atoms with Crippen LogP contribution in [-0.4, -0.2) is 76.3 Å². The van der Waals surface area contributed by atoms with Crippen LogP contribution < -0.4 is 11.5 Å². The number of hydrogen-bond acceptors (Lipinski definition) is 10. The summed E-state index contributed by atoms with van der Waals surface area (Å²) in [5.41, 5.74) is 11.9. The first kappa shape index (κ1) is 25.8. The van der Waals surface area contributed by atoms with E-state index in [1.807, 2.05) is 0 Å². The highest BCUT2D eigenvalue weighted by Crippen LogP contribution is 2.32. The molecule has 0 aromatic heterocycles. The molecule has 1 saturated heterocycles. The summed E-state index contributed by atoms with van der Waals surface area (Å²) in [5, 5.41) is 19.2. The van der Waals surface area contributed by atoms with Crippen LogP contribution in [0.4, 0.5) is 0 Å². The van der Waals surface area contributed by atoms with Gasteiger partial charge in [-0.15, -0.1) is 0 Å². The summed E-state index contributed by atoms with van der Waals surface area (Å²) in [4.78, 5) is 38.0. The first-order valence-corrected chi connectivity index (χ1v) is 10.5. The number of carboxylic acid groups (broad SMARTS) is 1. The lowest BCUT2D eigenvalue weighted by molar-refractivity contribution is -0.171. The van der Waals surface area contributed by atoms with Gasteiger partial charge in [0.15, 0.2) is 18.4 Å². The van der Waals surface area contributed by atoms with Crippen molar-refractivity contribution in [2.45, 2.75) is 70.7 Å². The molecule has 2 rings (SSSR count). The van der Waals surface area contributed by atoms with Gasteiger partial charge in [-0.2, -0.15) is 0 Å². The number of aliphatic hydroxyl groups is 1. The highest BCUT2D eigenvalue weighted by atomic mass is 16.6. The maximum Gasteiger partial charge on any atom is 0.333 e. The largest absolute Gasteiger partial charge is 0.478 e. The summed E-state index contributed by atoms with van der Waals surface area (Å²) in [7, 11) is 0. The number of carboxylic acids is 1. The Morgan fingerprint density at radius 3 is 2.09 bits per heavy atom. The van der Waals surface area contributed by atoms with Crippen LogP contribution in [-0.2, 0) is 28.6 Å². The second-order valence-electron chi connectivity index (χ2n) is 8.59. The monoisotopic (exact) mass is 455 g/mol. The predicted octanol–water partition coefficient (Wildman–Crippen LogP) is -0.318. The van der Waals surface area contributed by atoms with Crippen LogP contribution in [0.15, 0.2) is 24.0 Å². The van der Waals surface area contributed by atoms with Gasteiger partial charge in [0.2, 0.25) is 0 Å². The van der Waals surface area contributed by atoms with E-state index in [9.17, 15) is 24.6 Å². The van der Waals surface area contributed by atoms with Gasteiger partial charge in [-0.3, -0.25) is 9.59 Å². The second-order valence-corrected chi connectivity index (χ2v) is 8.59. The number of allylic oxidation sites excluding steroid dienone is 1. The molecule has 0 bridgehead atoms. The van der Waals surface area contributed by atoms with Gasteiger partial charge in [0.1, 0.15) is 18.2 Å². The number of ether oxygens (including phenoxy) is 3. The van der Waals surface area contributed by atoms with Gasteiger partial charge in [-0.1, -0.05) is 33.8 Å². The Bertz CT molecular complexity index is 766. The zero-order chi connectivity index (χ0) is 24.2. The standard InChI is InChI=1S/C21H33N3O8/c1-10(2)14(22)20(28)31-16-13(9-25)30-18(17(16)32-21(29)15(23)11(3)4)24-7-5-6-12(8-24)19(26)27/h5,7-8,10-11,13-18,25H,6,9,22-23H2,1-4H3,(H,26,27)/t13-,14+,15+,16-,17-,18-/m1/s1. The molecule has 0 aliphatic carbocycles. The van der Waals surface area contributed by atoms with E-state index in [4.69, 9.17) is 25.7 Å². The van der Waals surface area contributed by atoms with Crippen LogP contribution in [0.2, 0.25) is 0 Å². The summed E-state index contributed by atoms with van der Waals surface area (Å²) in [6, 6.07) is -1.88. The van der Waals surface area contributed by atoms with Crippen molar-refractivity contribution in [2.75, 3.05) is 6.61 Å². The third-order valence-electron chi connectivity index (χ3n) is 5.44. The van der Waals surface area contributed by atoms with Crippen LogP contribution in [0.3, 0.4) is 0 Å². The summed E-state index contributed by atoms with van der Waals surface area (Å²) in [5.74, 6) is -3.03. The minimum absolute atomic E-state index is 0.0860. The number of aliphatic carboxylic acids is 1. The van der Waals surface area contributed by atoms with Crippen molar-refractivity contribution in [3.8, 4) is 0 Å². The average Bonchev–Trinajstić information content (AvgIpc) is 3.09. The van der Waals surface area contributed by atoms with E-state index in [-0.39, 0.29) is 23.8 Å². The van der Waals surface area contributed by atoms with Crippen LogP contribution in [0, 0.1) is 11.8 Å². The molecular weight excluding hydrogens is 422 g/mol. The molecule has 2 aliphatic heterocycles. The molecule has 11 nitrogen and oxygen atoms in total. The molecule has 1 fully saturated rings. The number of nitrogens with zero attached hydrogens (tertiary/aromatic N) is 1. The Morgan fingerprint density at radius 2 is 1.62 bits per heavy atom. The molecule has 6 atom stereocenters. The summed E-state index contributed by atoms with van der Waals surface area (Å²) in [6.07, 6.45) is 0.250. The van der Waals surface area contributed by atoms with Gasteiger partial charge in [0.25, 0.3) is 0 Å². The summed E-state index contributed by atoms with van der Waals surface area (Å²) in [6.45, 7) is 6.46. The normalized spacial score (nSPS) is 27.3. The SMILES string of the molecule is CC(C)[C@H](N)C(=O)O[C@@H]1[C@H](OC(=O)[C@@H](N)C(C)C)[C@@H](CO)O[C@H]1N1C=CCC(C(=O)O)=C1. The Labute approximate surface area is 187 Å². The number of carbonyl (C=O) groups is 3. The molecule has 2 aliphatic rings. The Balaban J connectivity index is 2.37. The van der Waals surface area contributed by atoms with E-state index in [2.05, 4.69) is 0 Å². The molecule has 32 heavy (non-hydrogen) atoms. The van der Waals surface area contributed by atoms with Crippen molar-refractivity contribution in [1.82, 2.24) is 4.90 Å². The minimum atomic E-state index is -1.19. The molecule has 0 saturated carbocycles. The van der Waals surface area contributed by atoms with Crippen molar-refractivity contribution in [3.05, 3.63) is 24.0 Å². The fraction of sp³-hybridized carbons (Fsp3) is 0.667. The molecule has 0 aromatic rings. The second kappa shape index (κ2) is 10.9. The Kier molecular flexibility index (Phi) is 8.79. The molecule has 0 aromatic carbocycles. The summed E-state index contributed by atoms with van der Waals surface area (Å²) < 4.78 is 17.0. The third kappa shape index (κ3) is 5.85. The van der Waals surface area contributed by atoms with E-state index in [0.717, 1.165) is 0 Å². The Hall–Kier alpha value is -2.47. The minimum Gasteiger partial charge on any atom is -0.478 e. The molecule has 0 spiro atoms. The lowest BCUT2D eigenvalue weighted by atomic mass is 10.0. The van der Waals surface area contributed by atoms with Gasteiger partial charge in [-0.25, -0.2) is 4.79 Å². The fourth-order valence-corrected chi connectivity index (χ4v) is 3.21. The fourth-order valence-electron chi connectivity index (χ4n) is 3.21. The first-order valence-electron chi connectivity index (χ1n) is 10.5. The van der Waals surface area contributed by atoms with Gasteiger partial charge in [-0.05, 0) is 11.8 Å². The van der Waals surface area contributed by atoms with Crippen molar-refractivity contribution in [3.63, 3.8) is 0 Å². The summed E-state index contributed by atoms with van der Waals surface area (Å²) >= 11 is 0. The van der Waals surface area contributed by atoms with Gasteiger partial charge in [0, 0.05) is 18.8 Å².